The number of methoxy groups -OCH3 is 1. The smallest absolute Gasteiger partial charge is 0.295 e. The van der Waals surface area contributed by atoms with Gasteiger partial charge in [0.1, 0.15) is 11.5 Å². The molecule has 3 rings (SSSR count). The lowest BCUT2D eigenvalue weighted by Crippen LogP contribution is -2.32. The van der Waals surface area contributed by atoms with Crippen LogP contribution in [0.3, 0.4) is 0 Å². The second-order valence-electron chi connectivity index (χ2n) is 7.95. The molecule has 0 aliphatic carbocycles. The number of aryl methyl sites for hydroxylation is 1. The van der Waals surface area contributed by atoms with Gasteiger partial charge in [-0.3, -0.25) is 14.6 Å². The zero-order valence-corrected chi connectivity index (χ0v) is 18.3. The largest absolute Gasteiger partial charge is 0.507 e. The van der Waals surface area contributed by atoms with Gasteiger partial charge in [0, 0.05) is 31.6 Å². The van der Waals surface area contributed by atoms with Gasteiger partial charge in [0.05, 0.1) is 24.8 Å². The van der Waals surface area contributed by atoms with Crippen LogP contribution >= 0.6 is 0 Å². The summed E-state index contributed by atoms with van der Waals surface area (Å²) in [6.07, 6.45) is 3.19. The topological polar surface area (TPSA) is 89.0 Å². The molecule has 0 radical (unpaired) electrons. The molecule has 0 saturated carbocycles. The molecule has 1 N–H and O–H groups in total. The van der Waals surface area contributed by atoms with Crippen molar-refractivity contribution in [3.63, 3.8) is 0 Å². The molecule has 7 nitrogen and oxygen atoms in total. The zero-order chi connectivity index (χ0) is 22.5. The van der Waals surface area contributed by atoms with Gasteiger partial charge in [-0.15, -0.1) is 0 Å². The summed E-state index contributed by atoms with van der Waals surface area (Å²) >= 11 is 0. The molecule has 31 heavy (non-hydrogen) atoms. The summed E-state index contributed by atoms with van der Waals surface area (Å²) < 4.78 is 10.9. The first-order valence-electron chi connectivity index (χ1n) is 10.3. The Morgan fingerprint density at radius 1 is 1.19 bits per heavy atom. The number of benzene rings is 1. The number of ketones is 1. The number of amides is 1. The summed E-state index contributed by atoms with van der Waals surface area (Å²) in [5.74, 6) is -0.497. The van der Waals surface area contributed by atoms with Crippen LogP contribution in [0.4, 0.5) is 0 Å². The first-order chi connectivity index (χ1) is 14.8. The molecule has 1 aromatic heterocycles. The summed E-state index contributed by atoms with van der Waals surface area (Å²) in [5, 5.41) is 11.2. The average molecular weight is 424 g/mol. The highest BCUT2D eigenvalue weighted by Gasteiger charge is 2.45. The molecule has 7 heteroatoms. The molecular formula is C24H28N2O5. The number of hydrogen-bond acceptors (Lipinski definition) is 6. The minimum absolute atomic E-state index is 0.0613. The van der Waals surface area contributed by atoms with E-state index in [0.717, 1.165) is 5.56 Å². The average Bonchev–Trinajstić information content (AvgIpc) is 3.01. The maximum Gasteiger partial charge on any atom is 0.295 e. The number of aromatic nitrogens is 1. The maximum atomic E-state index is 12.9. The summed E-state index contributed by atoms with van der Waals surface area (Å²) in [6, 6.07) is 8.05. The van der Waals surface area contributed by atoms with Crippen LogP contribution in [0.1, 0.15) is 36.6 Å². The van der Waals surface area contributed by atoms with E-state index in [1.165, 1.54) is 12.0 Å². The fourth-order valence-electron chi connectivity index (χ4n) is 3.59. The number of pyridine rings is 1. The number of Topliss-reactive ketones (excluding diaryl/α,β-unsaturated/α-hetero) is 1. The van der Waals surface area contributed by atoms with Gasteiger partial charge in [-0.25, -0.2) is 0 Å². The maximum absolute atomic E-state index is 12.9. The van der Waals surface area contributed by atoms with Gasteiger partial charge < -0.3 is 19.5 Å². The molecule has 1 aliphatic heterocycles. The van der Waals surface area contributed by atoms with Crippen molar-refractivity contribution in [1.82, 2.24) is 9.88 Å². The van der Waals surface area contributed by atoms with Crippen LogP contribution in [0.25, 0.3) is 5.76 Å². The van der Waals surface area contributed by atoms with Crippen LogP contribution in [0.15, 0.2) is 48.3 Å². The first-order valence-corrected chi connectivity index (χ1v) is 10.3. The predicted octanol–water partition coefficient (Wildman–Crippen LogP) is 3.49. The monoisotopic (exact) mass is 424 g/mol. The van der Waals surface area contributed by atoms with Crippen molar-refractivity contribution in [3.8, 4) is 5.75 Å². The highest BCUT2D eigenvalue weighted by atomic mass is 16.5. The Labute approximate surface area is 182 Å². The molecule has 164 valence electrons. The first kappa shape index (κ1) is 22.5. The number of likely N-dealkylation sites (tertiary alicyclic amines) is 1. The van der Waals surface area contributed by atoms with E-state index >= 15 is 0 Å². The van der Waals surface area contributed by atoms with E-state index in [1.807, 2.05) is 13.0 Å². The van der Waals surface area contributed by atoms with Gasteiger partial charge in [0.25, 0.3) is 11.7 Å². The molecule has 1 aromatic carbocycles. The Kier molecular flexibility index (Phi) is 7.07. The van der Waals surface area contributed by atoms with Gasteiger partial charge in [-0.2, -0.15) is 0 Å². The summed E-state index contributed by atoms with van der Waals surface area (Å²) in [4.78, 5) is 31.2. The van der Waals surface area contributed by atoms with E-state index in [1.54, 1.807) is 36.7 Å². The number of aliphatic hydroxyl groups excluding tert-OH is 1. The third-order valence-corrected chi connectivity index (χ3v) is 5.13. The zero-order valence-electron chi connectivity index (χ0n) is 18.3. The van der Waals surface area contributed by atoms with E-state index < -0.39 is 17.7 Å². The van der Waals surface area contributed by atoms with E-state index in [2.05, 4.69) is 18.8 Å². The van der Waals surface area contributed by atoms with Gasteiger partial charge in [0.15, 0.2) is 0 Å². The van der Waals surface area contributed by atoms with Crippen LogP contribution < -0.4 is 4.74 Å². The Balaban J connectivity index is 2.06. The molecule has 1 saturated heterocycles. The Hall–Kier alpha value is -3.19. The molecular weight excluding hydrogens is 396 g/mol. The minimum atomic E-state index is -0.714. The quantitative estimate of drug-likeness (QED) is 0.396. The summed E-state index contributed by atoms with van der Waals surface area (Å²) in [7, 11) is 1.53. The van der Waals surface area contributed by atoms with Crippen molar-refractivity contribution in [1.29, 1.82) is 0 Å². The Morgan fingerprint density at radius 2 is 1.90 bits per heavy atom. The van der Waals surface area contributed by atoms with Gasteiger partial charge in [-0.05, 0) is 54.3 Å². The van der Waals surface area contributed by atoms with Crippen LogP contribution in [0.5, 0.6) is 5.75 Å². The van der Waals surface area contributed by atoms with E-state index in [-0.39, 0.29) is 24.5 Å². The number of carbonyl (C=O) groups is 2. The van der Waals surface area contributed by atoms with E-state index in [4.69, 9.17) is 9.47 Å². The lowest BCUT2D eigenvalue weighted by atomic mass is 9.94. The number of aliphatic hydroxyl groups is 1. The fourth-order valence-corrected chi connectivity index (χ4v) is 3.59. The molecule has 1 amide bonds. The van der Waals surface area contributed by atoms with E-state index in [9.17, 15) is 14.7 Å². The lowest BCUT2D eigenvalue weighted by Gasteiger charge is -2.25. The lowest BCUT2D eigenvalue weighted by molar-refractivity contribution is -0.140. The predicted molar refractivity (Wildman–Crippen MR) is 117 cm³/mol. The second kappa shape index (κ2) is 9.75. The highest BCUT2D eigenvalue weighted by molar-refractivity contribution is 6.46. The molecule has 1 fully saturated rings. The van der Waals surface area contributed by atoms with Crippen LogP contribution in [0.2, 0.25) is 0 Å². The second-order valence-corrected chi connectivity index (χ2v) is 7.95. The van der Waals surface area contributed by atoms with Gasteiger partial charge >= 0.3 is 0 Å². The fraction of sp³-hybridized carbons (Fsp3) is 0.375. The van der Waals surface area contributed by atoms with Gasteiger partial charge in [0.2, 0.25) is 0 Å². The Morgan fingerprint density at radius 3 is 2.52 bits per heavy atom. The Bertz CT molecular complexity index is 985. The van der Waals surface area contributed by atoms with Crippen molar-refractivity contribution in [2.75, 3.05) is 26.9 Å². The molecule has 2 aromatic rings. The minimum Gasteiger partial charge on any atom is -0.507 e. The SMILES string of the molecule is COCCN1C(=O)C(=O)/C(=C(/O)c2ccc(OCC(C)C)cc2C)[C@H]1c1ccncc1. The molecule has 2 heterocycles. The molecule has 0 unspecified atom stereocenters. The van der Waals surface area contributed by atoms with Crippen molar-refractivity contribution in [3.05, 3.63) is 65.0 Å². The van der Waals surface area contributed by atoms with E-state index in [0.29, 0.717) is 29.4 Å². The number of hydrogen-bond donors (Lipinski definition) is 1. The number of carbonyl (C=O) groups excluding carboxylic acids is 2. The number of rotatable bonds is 8. The third-order valence-electron chi connectivity index (χ3n) is 5.13. The molecule has 0 spiro atoms. The summed E-state index contributed by atoms with van der Waals surface area (Å²) in [6.45, 7) is 7.04. The standard InChI is InChI=1S/C24H28N2O5/c1-15(2)14-31-18-5-6-19(16(3)13-18)22(27)20-21(17-7-9-25-10-8-17)26(11-12-30-4)24(29)23(20)28/h5-10,13,15,21,27H,11-12,14H2,1-4H3/b22-20+/t21-/m1/s1. The van der Waals surface area contributed by atoms with Crippen LogP contribution in [-0.4, -0.2) is 53.5 Å². The van der Waals surface area contributed by atoms with Crippen molar-refractivity contribution in [2.45, 2.75) is 26.8 Å². The number of nitrogens with zero attached hydrogens (tertiary/aromatic N) is 2. The van der Waals surface area contributed by atoms with Crippen molar-refractivity contribution in [2.24, 2.45) is 5.92 Å². The summed E-state index contributed by atoms with van der Waals surface area (Å²) in [5.41, 5.74) is 1.99. The van der Waals surface area contributed by atoms with Crippen LogP contribution in [-0.2, 0) is 14.3 Å². The molecule has 0 bridgehead atoms. The van der Waals surface area contributed by atoms with Gasteiger partial charge in [-0.1, -0.05) is 13.8 Å². The third kappa shape index (κ3) is 4.77. The molecule has 1 atom stereocenters. The molecule has 1 aliphatic rings. The normalized spacial score (nSPS) is 18.1. The van der Waals surface area contributed by atoms with Crippen LogP contribution in [0, 0.1) is 12.8 Å². The highest BCUT2D eigenvalue weighted by Crippen LogP contribution is 2.39. The number of ether oxygens (including phenoxy) is 2. The van der Waals surface area contributed by atoms with Crippen molar-refractivity contribution < 1.29 is 24.2 Å². The van der Waals surface area contributed by atoms with Crippen molar-refractivity contribution >= 4 is 17.4 Å².